The number of fused-ring (bicyclic) bond motifs is 1. The second kappa shape index (κ2) is 8.32. The third-order valence-corrected chi connectivity index (χ3v) is 5.99. The van der Waals surface area contributed by atoms with Crippen LogP contribution in [0.15, 0.2) is 53.4 Å². The molecule has 0 aliphatic carbocycles. The third-order valence-electron chi connectivity index (χ3n) is 4.34. The molecule has 2 aromatic carbocycles. The number of nitrogens with zero attached hydrogens (tertiary/aromatic N) is 2. The Balaban J connectivity index is 1.53. The molecule has 0 fully saturated rings. The van der Waals surface area contributed by atoms with Crippen molar-refractivity contribution in [2.75, 3.05) is 5.32 Å². The van der Waals surface area contributed by atoms with Gasteiger partial charge in [-0.1, -0.05) is 36.4 Å². The zero-order valence-electron chi connectivity index (χ0n) is 15.5. The number of nitrogens with one attached hydrogen (secondary N) is 2. The van der Waals surface area contributed by atoms with Crippen molar-refractivity contribution in [3.8, 4) is 23.5 Å². The molecule has 0 bridgehead atoms. The van der Waals surface area contributed by atoms with Crippen LogP contribution in [0.1, 0.15) is 16.6 Å². The molecule has 7 nitrogen and oxygen atoms in total. The van der Waals surface area contributed by atoms with E-state index in [-0.39, 0.29) is 0 Å². The average molecular weight is 434 g/mol. The molecule has 9 heteroatoms. The van der Waals surface area contributed by atoms with Gasteiger partial charge in [0.25, 0.3) is 0 Å². The van der Waals surface area contributed by atoms with Crippen LogP contribution in [0, 0.1) is 12.3 Å². The molecule has 0 radical (unpaired) electrons. The summed E-state index contributed by atoms with van der Waals surface area (Å²) >= 11 is 2.80. The number of thiazole rings is 2. The van der Waals surface area contributed by atoms with E-state index in [0.29, 0.717) is 16.4 Å². The second-order valence-corrected chi connectivity index (χ2v) is 7.96. The number of hydrogen-bond donors (Lipinski definition) is 3. The summed E-state index contributed by atoms with van der Waals surface area (Å²) in [5.74, 6) is 2.02. The minimum Gasteiger partial charge on any atom is -0.368 e. The molecule has 0 unspecified atom stereocenters. The largest absolute Gasteiger partial charge is 0.368 e. The van der Waals surface area contributed by atoms with E-state index in [1.54, 1.807) is 28.8 Å². The molecule has 2 aromatic heterocycles. The number of primary amides is 1. The normalized spacial score (nSPS) is 11.6. The summed E-state index contributed by atoms with van der Waals surface area (Å²) < 4.78 is 1.09. The molecule has 3 amide bonds. The number of hydrogen-bond acceptors (Lipinski definition) is 6. The zero-order chi connectivity index (χ0) is 21.1. The Hall–Kier alpha value is -3.74. The summed E-state index contributed by atoms with van der Waals surface area (Å²) in [5.41, 5.74) is 10.9. The van der Waals surface area contributed by atoms with Crippen molar-refractivity contribution in [2.24, 2.45) is 5.73 Å². The van der Waals surface area contributed by atoms with Gasteiger partial charge in [-0.3, -0.25) is 10.1 Å². The van der Waals surface area contributed by atoms with E-state index in [2.05, 4.69) is 26.5 Å². The standard InChI is InChI=1S/C21H15N5O2S2/c1-2-17-24-16(10-29-17)25-21(28)26-18(20(22)27)13-8-6-12(7-9-13)14-4-3-5-15-19(14)30-11-23-15/h1,3-11,18H,(H2,22,27)(H2,25,26,28)/t18-/m1/s1. The minimum atomic E-state index is -0.996. The van der Waals surface area contributed by atoms with Gasteiger partial charge >= 0.3 is 6.03 Å². The first-order valence-electron chi connectivity index (χ1n) is 8.76. The van der Waals surface area contributed by atoms with Crippen LogP contribution < -0.4 is 16.4 Å². The van der Waals surface area contributed by atoms with Gasteiger partial charge in [-0.2, -0.15) is 0 Å². The second-order valence-electron chi connectivity index (χ2n) is 6.24. The lowest BCUT2D eigenvalue weighted by molar-refractivity contribution is -0.119. The molecular weight excluding hydrogens is 418 g/mol. The summed E-state index contributed by atoms with van der Waals surface area (Å²) in [6, 6.07) is 11.6. The van der Waals surface area contributed by atoms with E-state index >= 15 is 0 Å². The molecule has 30 heavy (non-hydrogen) atoms. The number of urea groups is 1. The quantitative estimate of drug-likeness (QED) is 0.416. The van der Waals surface area contributed by atoms with Crippen molar-refractivity contribution in [3.05, 3.63) is 63.9 Å². The number of carbonyl (C=O) groups is 2. The number of nitrogens with two attached hydrogens (primary N) is 1. The molecule has 2 heterocycles. The fourth-order valence-corrected chi connectivity index (χ4v) is 4.35. The van der Waals surface area contributed by atoms with Gasteiger partial charge < -0.3 is 11.1 Å². The van der Waals surface area contributed by atoms with Crippen molar-refractivity contribution >= 4 is 50.6 Å². The smallest absolute Gasteiger partial charge is 0.321 e. The van der Waals surface area contributed by atoms with Gasteiger partial charge in [0.05, 0.1) is 15.7 Å². The summed E-state index contributed by atoms with van der Waals surface area (Å²) in [5, 5.41) is 7.18. The predicted molar refractivity (Wildman–Crippen MR) is 119 cm³/mol. The first-order valence-corrected chi connectivity index (χ1v) is 10.5. The molecule has 0 saturated heterocycles. The van der Waals surface area contributed by atoms with E-state index in [0.717, 1.165) is 21.3 Å². The fraction of sp³-hybridized carbons (Fsp3) is 0.0476. The molecule has 4 rings (SSSR count). The number of carbonyl (C=O) groups excluding carboxylic acids is 2. The molecule has 0 saturated carbocycles. The monoisotopic (exact) mass is 433 g/mol. The fourth-order valence-electron chi connectivity index (χ4n) is 2.97. The van der Waals surface area contributed by atoms with Crippen LogP contribution >= 0.6 is 22.7 Å². The molecule has 4 aromatic rings. The number of terminal acetylenes is 1. The van der Waals surface area contributed by atoms with Gasteiger partial charge in [0.1, 0.15) is 11.9 Å². The number of rotatable bonds is 5. The van der Waals surface area contributed by atoms with E-state index in [9.17, 15) is 9.59 Å². The van der Waals surface area contributed by atoms with Gasteiger partial charge in [0.15, 0.2) is 5.01 Å². The lowest BCUT2D eigenvalue weighted by atomic mass is 10.00. The van der Waals surface area contributed by atoms with Crippen molar-refractivity contribution in [2.45, 2.75) is 6.04 Å². The maximum Gasteiger partial charge on any atom is 0.321 e. The minimum absolute atomic E-state index is 0.307. The SMILES string of the molecule is C#Cc1nc(NC(=O)N[C@@H](C(N)=O)c2ccc(-c3cccc4ncsc34)cc2)cs1. The Morgan fingerprint density at radius 2 is 1.93 bits per heavy atom. The molecule has 0 spiro atoms. The third kappa shape index (κ3) is 4.00. The van der Waals surface area contributed by atoms with Gasteiger partial charge in [0.2, 0.25) is 5.91 Å². The van der Waals surface area contributed by atoms with Crippen molar-refractivity contribution in [1.82, 2.24) is 15.3 Å². The van der Waals surface area contributed by atoms with Crippen molar-refractivity contribution < 1.29 is 9.59 Å². The zero-order valence-corrected chi connectivity index (χ0v) is 17.1. The van der Waals surface area contributed by atoms with E-state index in [4.69, 9.17) is 12.2 Å². The number of aromatic nitrogens is 2. The molecular formula is C21H15N5O2S2. The van der Waals surface area contributed by atoms with Crippen LogP contribution in [0.4, 0.5) is 10.6 Å². The van der Waals surface area contributed by atoms with Crippen LogP contribution in [-0.2, 0) is 4.79 Å². The summed E-state index contributed by atoms with van der Waals surface area (Å²) in [6.07, 6.45) is 5.27. The Kier molecular flexibility index (Phi) is 5.43. The maximum atomic E-state index is 12.3. The molecule has 1 atom stereocenters. The Morgan fingerprint density at radius 3 is 2.63 bits per heavy atom. The summed E-state index contributed by atoms with van der Waals surface area (Å²) in [4.78, 5) is 32.6. The highest BCUT2D eigenvalue weighted by atomic mass is 32.1. The molecule has 0 aliphatic rings. The highest BCUT2D eigenvalue weighted by molar-refractivity contribution is 7.17. The molecule has 148 valence electrons. The van der Waals surface area contributed by atoms with Crippen molar-refractivity contribution in [3.63, 3.8) is 0 Å². The van der Waals surface area contributed by atoms with Crippen molar-refractivity contribution in [1.29, 1.82) is 0 Å². The van der Waals surface area contributed by atoms with Crippen LogP contribution in [-0.4, -0.2) is 21.9 Å². The van der Waals surface area contributed by atoms with Gasteiger partial charge in [0, 0.05) is 10.9 Å². The molecule has 0 aliphatic heterocycles. The Labute approximate surface area is 180 Å². The topological polar surface area (TPSA) is 110 Å². The summed E-state index contributed by atoms with van der Waals surface area (Å²) in [7, 11) is 0. The van der Waals surface area contributed by atoms with Crippen LogP contribution in [0.3, 0.4) is 0 Å². The van der Waals surface area contributed by atoms with Crippen LogP contribution in [0.2, 0.25) is 0 Å². The van der Waals surface area contributed by atoms with E-state index < -0.39 is 18.0 Å². The first kappa shape index (κ1) is 19.6. The summed E-state index contributed by atoms with van der Waals surface area (Å²) in [6.45, 7) is 0. The number of anilines is 1. The number of benzene rings is 2. The van der Waals surface area contributed by atoms with E-state index in [1.165, 1.54) is 11.3 Å². The van der Waals surface area contributed by atoms with Gasteiger partial charge in [-0.15, -0.1) is 29.1 Å². The average Bonchev–Trinajstić information content (AvgIpc) is 3.41. The Bertz CT molecular complexity index is 1270. The highest BCUT2D eigenvalue weighted by Gasteiger charge is 2.21. The van der Waals surface area contributed by atoms with E-state index in [1.807, 2.05) is 35.8 Å². The Morgan fingerprint density at radius 1 is 1.13 bits per heavy atom. The maximum absolute atomic E-state index is 12.3. The first-order chi connectivity index (χ1) is 14.5. The number of amides is 3. The van der Waals surface area contributed by atoms with Crippen LogP contribution in [0.5, 0.6) is 0 Å². The lowest BCUT2D eigenvalue weighted by Gasteiger charge is -2.16. The highest BCUT2D eigenvalue weighted by Crippen LogP contribution is 2.31. The molecule has 4 N–H and O–H groups in total. The lowest BCUT2D eigenvalue weighted by Crippen LogP contribution is -2.39. The van der Waals surface area contributed by atoms with Gasteiger partial charge in [-0.25, -0.2) is 14.8 Å². The van der Waals surface area contributed by atoms with Crippen LogP contribution in [0.25, 0.3) is 21.3 Å². The predicted octanol–water partition coefficient (Wildman–Crippen LogP) is 3.75. The van der Waals surface area contributed by atoms with Gasteiger partial charge in [-0.05, 0) is 23.1 Å².